The number of hydrogen-bond donors (Lipinski definition) is 1. The van der Waals surface area contributed by atoms with Crippen molar-refractivity contribution >= 4 is 17.0 Å². The van der Waals surface area contributed by atoms with E-state index in [0.29, 0.717) is 6.54 Å². The van der Waals surface area contributed by atoms with E-state index in [1.54, 1.807) is 0 Å². The van der Waals surface area contributed by atoms with E-state index >= 15 is 0 Å². The van der Waals surface area contributed by atoms with Crippen molar-refractivity contribution in [3.8, 4) is 0 Å². The molecule has 1 N–H and O–H groups in total. The fourth-order valence-electron chi connectivity index (χ4n) is 1.46. The lowest BCUT2D eigenvalue weighted by Crippen LogP contribution is -2.21. The van der Waals surface area contributed by atoms with Gasteiger partial charge in [0.05, 0.1) is 12.2 Å². The number of anilines is 1. The summed E-state index contributed by atoms with van der Waals surface area (Å²) in [7, 11) is 0. The predicted octanol–water partition coefficient (Wildman–Crippen LogP) is 1.12. The molecule has 4 nitrogen and oxygen atoms in total. The molecule has 1 atom stereocenters. The van der Waals surface area contributed by atoms with Gasteiger partial charge in [0.25, 0.3) is 0 Å². The molecule has 1 heterocycles. The molecule has 0 fully saturated rings. The Kier molecular flexibility index (Phi) is 2.30. The van der Waals surface area contributed by atoms with E-state index in [1.807, 2.05) is 24.3 Å². The summed E-state index contributed by atoms with van der Waals surface area (Å²) in [5.41, 5.74) is 2.03. The summed E-state index contributed by atoms with van der Waals surface area (Å²) >= 11 is -2.24. The molecule has 1 aromatic rings. The summed E-state index contributed by atoms with van der Waals surface area (Å²) in [6.45, 7) is 0.631. The monoisotopic (exact) mass is 199 g/mol. The molecule has 0 amide bonds. The van der Waals surface area contributed by atoms with Crippen LogP contribution in [-0.2, 0) is 22.1 Å². The quantitative estimate of drug-likeness (QED) is 0.725. The molecule has 1 aromatic carbocycles. The molecule has 5 heteroatoms. The zero-order valence-electron chi connectivity index (χ0n) is 6.84. The van der Waals surface area contributed by atoms with Crippen molar-refractivity contribution in [3.63, 3.8) is 0 Å². The second-order valence-corrected chi connectivity index (χ2v) is 3.36. The van der Waals surface area contributed by atoms with Crippen LogP contribution in [0.25, 0.3) is 0 Å². The van der Waals surface area contributed by atoms with Crippen LogP contribution in [-0.4, -0.2) is 15.3 Å². The van der Waals surface area contributed by atoms with Crippen LogP contribution in [0, 0.1) is 0 Å². The fraction of sp³-hybridized carbons (Fsp3) is 0.250. The van der Waals surface area contributed by atoms with Crippen LogP contribution in [0.15, 0.2) is 24.3 Å². The molecule has 1 aliphatic heterocycles. The molecule has 1 aliphatic rings. The van der Waals surface area contributed by atoms with Gasteiger partial charge in [0, 0.05) is 0 Å². The maximum atomic E-state index is 10.4. The Morgan fingerprint density at radius 3 is 3.00 bits per heavy atom. The number of hydrogen-bond acceptors (Lipinski definition) is 3. The Morgan fingerprint density at radius 1 is 1.46 bits per heavy atom. The van der Waals surface area contributed by atoms with Crippen LogP contribution >= 0.6 is 0 Å². The first-order valence-electron chi connectivity index (χ1n) is 3.92. The van der Waals surface area contributed by atoms with Crippen molar-refractivity contribution in [2.75, 3.05) is 11.6 Å². The molecule has 0 saturated heterocycles. The van der Waals surface area contributed by atoms with Gasteiger partial charge in [-0.15, -0.1) is 4.28 Å². The maximum absolute atomic E-state index is 10.4. The molecule has 0 aromatic heterocycles. The number of para-hydroxylation sites is 1. The van der Waals surface area contributed by atoms with Gasteiger partial charge in [0.2, 0.25) is 0 Å². The molecule has 0 bridgehead atoms. The Morgan fingerprint density at radius 2 is 2.23 bits per heavy atom. The lowest BCUT2D eigenvalue weighted by atomic mass is 10.2. The smallest absolute Gasteiger partial charge is 0.282 e. The number of rotatable bonds is 2. The van der Waals surface area contributed by atoms with Crippen LogP contribution in [0.4, 0.5) is 5.69 Å². The molecule has 13 heavy (non-hydrogen) atoms. The van der Waals surface area contributed by atoms with E-state index in [4.69, 9.17) is 8.84 Å². The van der Waals surface area contributed by atoms with Crippen molar-refractivity contribution in [1.29, 1.82) is 0 Å². The van der Waals surface area contributed by atoms with Gasteiger partial charge in [0.15, 0.2) is 0 Å². The number of hydroxylamine groups is 1. The van der Waals surface area contributed by atoms with Crippen molar-refractivity contribution in [3.05, 3.63) is 29.8 Å². The summed E-state index contributed by atoms with van der Waals surface area (Å²) in [5, 5.41) is 1.45. The second kappa shape index (κ2) is 3.45. The molecule has 2 rings (SSSR count). The van der Waals surface area contributed by atoms with Gasteiger partial charge in [-0.2, -0.15) is 4.21 Å². The minimum Gasteiger partial charge on any atom is -0.282 e. The summed E-state index contributed by atoms with van der Waals surface area (Å²) in [6, 6.07) is 7.67. The SMILES string of the molecule is O=S(O)ON1CCc2ccccc21. The molecule has 1 unspecified atom stereocenters. The lowest BCUT2D eigenvalue weighted by Gasteiger charge is -2.14. The van der Waals surface area contributed by atoms with Gasteiger partial charge < -0.3 is 0 Å². The minimum atomic E-state index is -2.24. The van der Waals surface area contributed by atoms with Gasteiger partial charge in [0.1, 0.15) is 0 Å². The van der Waals surface area contributed by atoms with Gasteiger partial charge in [-0.05, 0) is 18.1 Å². The number of benzene rings is 1. The van der Waals surface area contributed by atoms with Gasteiger partial charge in [-0.3, -0.25) is 4.55 Å². The van der Waals surface area contributed by atoms with Crippen molar-refractivity contribution in [1.82, 2.24) is 0 Å². The minimum absolute atomic E-state index is 0.631. The second-order valence-electron chi connectivity index (χ2n) is 2.77. The highest BCUT2D eigenvalue weighted by atomic mass is 32.2. The molecule has 0 radical (unpaired) electrons. The number of nitrogens with zero attached hydrogens (tertiary/aromatic N) is 1. The van der Waals surface area contributed by atoms with Gasteiger partial charge in [-0.25, -0.2) is 5.06 Å². The van der Waals surface area contributed by atoms with E-state index in [-0.39, 0.29) is 0 Å². The number of fused-ring (bicyclic) bond motifs is 1. The highest BCUT2D eigenvalue weighted by Gasteiger charge is 2.20. The Hall–Kier alpha value is -0.910. The predicted molar refractivity (Wildman–Crippen MR) is 49.3 cm³/mol. The molecule has 0 spiro atoms. The van der Waals surface area contributed by atoms with Crippen LogP contribution in [0.1, 0.15) is 5.56 Å². The van der Waals surface area contributed by atoms with Crippen molar-refractivity contribution in [2.45, 2.75) is 6.42 Å². The normalized spacial score (nSPS) is 17.2. The molecular formula is C8H9NO3S. The zero-order chi connectivity index (χ0) is 9.26. The summed E-state index contributed by atoms with van der Waals surface area (Å²) < 4.78 is 23.7. The van der Waals surface area contributed by atoms with Gasteiger partial charge in [-0.1, -0.05) is 18.2 Å². The third kappa shape index (κ3) is 1.72. The van der Waals surface area contributed by atoms with Crippen molar-refractivity contribution in [2.24, 2.45) is 0 Å². The zero-order valence-corrected chi connectivity index (χ0v) is 7.66. The third-order valence-corrected chi connectivity index (χ3v) is 2.31. The highest BCUT2D eigenvalue weighted by molar-refractivity contribution is 7.74. The van der Waals surface area contributed by atoms with E-state index in [1.165, 1.54) is 5.06 Å². The van der Waals surface area contributed by atoms with E-state index < -0.39 is 11.4 Å². The van der Waals surface area contributed by atoms with Crippen LogP contribution in [0.2, 0.25) is 0 Å². The Bertz CT molecular complexity index is 342. The lowest BCUT2D eigenvalue weighted by molar-refractivity contribution is 0.282. The first kappa shape index (κ1) is 8.68. The van der Waals surface area contributed by atoms with E-state index in [9.17, 15) is 4.21 Å². The highest BCUT2D eigenvalue weighted by Crippen LogP contribution is 2.27. The fourth-order valence-corrected chi connectivity index (χ4v) is 1.77. The van der Waals surface area contributed by atoms with Crippen molar-refractivity contribution < 1.29 is 13.0 Å². The standard InChI is InChI=1S/C8H9NO3S/c10-13(11)12-9-6-5-7-3-1-2-4-8(7)9/h1-4H,5-6H2,(H,10,11). The van der Waals surface area contributed by atoms with Gasteiger partial charge >= 0.3 is 11.4 Å². The summed E-state index contributed by atoms with van der Waals surface area (Å²) in [5.74, 6) is 0. The first-order chi connectivity index (χ1) is 6.27. The summed E-state index contributed by atoms with van der Waals surface area (Å²) in [4.78, 5) is 0. The average molecular weight is 199 g/mol. The Labute approximate surface area is 78.6 Å². The van der Waals surface area contributed by atoms with E-state index in [0.717, 1.165) is 17.7 Å². The van der Waals surface area contributed by atoms with Crippen LogP contribution in [0.3, 0.4) is 0 Å². The average Bonchev–Trinajstić information content (AvgIpc) is 2.48. The first-order valence-corrected chi connectivity index (χ1v) is 4.95. The topological polar surface area (TPSA) is 49.8 Å². The summed E-state index contributed by atoms with van der Waals surface area (Å²) in [6.07, 6.45) is 0.855. The largest absolute Gasteiger partial charge is 0.325 e. The molecule has 0 aliphatic carbocycles. The van der Waals surface area contributed by atoms with Crippen LogP contribution < -0.4 is 5.06 Å². The molecular weight excluding hydrogens is 190 g/mol. The Balaban J connectivity index is 2.23. The third-order valence-electron chi connectivity index (χ3n) is 2.00. The molecule has 70 valence electrons. The van der Waals surface area contributed by atoms with E-state index in [2.05, 4.69) is 0 Å². The van der Waals surface area contributed by atoms with Crippen LogP contribution in [0.5, 0.6) is 0 Å². The maximum Gasteiger partial charge on any atom is 0.325 e. The molecule has 0 saturated carbocycles.